The lowest BCUT2D eigenvalue weighted by atomic mass is 9.89. The maximum Gasteiger partial charge on any atom is 0.342 e. The quantitative estimate of drug-likeness (QED) is 0.304. The molecule has 0 bridgehead atoms. The Hall–Kier alpha value is -2.35. The molecule has 1 aliphatic rings. The molecule has 170 valence electrons. The SMILES string of the molecule is CCCCCC(O)CC(O)CC1Cc2cc3cc(CO)c(C)c(O)c3c(O)c2C(=O)O1. The molecule has 7 heteroatoms. The Balaban J connectivity index is 1.80. The highest BCUT2D eigenvalue weighted by Crippen LogP contribution is 2.42. The number of aliphatic hydroxyl groups is 3. The van der Waals surface area contributed by atoms with Crippen molar-refractivity contribution in [3.05, 3.63) is 34.4 Å². The van der Waals surface area contributed by atoms with Crippen LogP contribution in [-0.4, -0.2) is 49.8 Å². The van der Waals surface area contributed by atoms with E-state index in [0.29, 0.717) is 34.9 Å². The third-order valence-electron chi connectivity index (χ3n) is 6.13. The number of carbonyl (C=O) groups excluding carboxylic acids is 1. The second-order valence-corrected chi connectivity index (χ2v) is 8.53. The number of aliphatic hydroxyl groups excluding tert-OH is 3. The minimum Gasteiger partial charge on any atom is -0.507 e. The Bertz CT molecular complexity index is 953. The first-order chi connectivity index (χ1) is 14.8. The topological polar surface area (TPSA) is 127 Å². The van der Waals surface area contributed by atoms with Crippen LogP contribution in [0.15, 0.2) is 12.1 Å². The molecular weight excluding hydrogens is 400 g/mol. The highest BCUT2D eigenvalue weighted by Gasteiger charge is 2.32. The summed E-state index contributed by atoms with van der Waals surface area (Å²) in [7, 11) is 0. The molecule has 5 N–H and O–H groups in total. The summed E-state index contributed by atoms with van der Waals surface area (Å²) in [4.78, 5) is 12.6. The van der Waals surface area contributed by atoms with E-state index in [4.69, 9.17) is 4.74 Å². The number of hydrogen-bond donors (Lipinski definition) is 5. The Kier molecular flexibility index (Phi) is 7.41. The van der Waals surface area contributed by atoms with E-state index in [2.05, 4.69) is 6.92 Å². The van der Waals surface area contributed by atoms with Gasteiger partial charge in [-0.05, 0) is 54.0 Å². The van der Waals surface area contributed by atoms with Gasteiger partial charge in [0.05, 0.1) is 24.2 Å². The second-order valence-electron chi connectivity index (χ2n) is 8.53. The third-order valence-corrected chi connectivity index (χ3v) is 6.13. The molecule has 2 aromatic rings. The number of fused-ring (bicyclic) bond motifs is 2. The van der Waals surface area contributed by atoms with E-state index in [-0.39, 0.29) is 41.9 Å². The molecule has 3 atom stereocenters. The highest BCUT2D eigenvalue weighted by atomic mass is 16.5. The maximum absolute atomic E-state index is 12.6. The summed E-state index contributed by atoms with van der Waals surface area (Å²) in [6.45, 7) is 3.46. The van der Waals surface area contributed by atoms with Gasteiger partial charge in [-0.2, -0.15) is 0 Å². The number of unbranched alkanes of at least 4 members (excludes halogenated alkanes) is 2. The second kappa shape index (κ2) is 9.85. The zero-order valence-corrected chi connectivity index (χ0v) is 18.1. The van der Waals surface area contributed by atoms with Gasteiger partial charge in [0, 0.05) is 12.8 Å². The number of carbonyl (C=O) groups is 1. The van der Waals surface area contributed by atoms with Crippen molar-refractivity contribution in [3.8, 4) is 11.5 Å². The fourth-order valence-corrected chi connectivity index (χ4v) is 4.39. The number of rotatable bonds is 9. The van der Waals surface area contributed by atoms with Crippen molar-refractivity contribution in [2.75, 3.05) is 0 Å². The molecule has 3 unspecified atom stereocenters. The van der Waals surface area contributed by atoms with Crippen molar-refractivity contribution < 1.29 is 35.1 Å². The molecule has 1 aliphatic heterocycles. The van der Waals surface area contributed by atoms with E-state index in [1.54, 1.807) is 19.1 Å². The normalized spacial score (nSPS) is 18.0. The molecule has 0 saturated carbocycles. The van der Waals surface area contributed by atoms with E-state index in [9.17, 15) is 30.3 Å². The summed E-state index contributed by atoms with van der Waals surface area (Å²) >= 11 is 0. The van der Waals surface area contributed by atoms with Crippen LogP contribution < -0.4 is 0 Å². The van der Waals surface area contributed by atoms with E-state index >= 15 is 0 Å². The van der Waals surface area contributed by atoms with Gasteiger partial charge in [-0.25, -0.2) is 4.79 Å². The Morgan fingerprint density at radius 3 is 2.55 bits per heavy atom. The first kappa shape index (κ1) is 23.3. The molecule has 31 heavy (non-hydrogen) atoms. The molecule has 0 spiro atoms. The third kappa shape index (κ3) is 4.95. The molecular formula is C24H32O7. The molecule has 1 heterocycles. The summed E-state index contributed by atoms with van der Waals surface area (Å²) in [6, 6.07) is 3.39. The van der Waals surface area contributed by atoms with Crippen LogP contribution in [0.25, 0.3) is 10.8 Å². The lowest BCUT2D eigenvalue weighted by molar-refractivity contribution is 0.000733. The van der Waals surface area contributed by atoms with Gasteiger partial charge in [0.1, 0.15) is 23.2 Å². The van der Waals surface area contributed by atoms with Crippen LogP contribution in [0.4, 0.5) is 0 Å². The lowest BCUT2D eigenvalue weighted by Gasteiger charge is -2.28. The van der Waals surface area contributed by atoms with Crippen LogP contribution in [0.5, 0.6) is 11.5 Å². The summed E-state index contributed by atoms with van der Waals surface area (Å²) in [5.41, 5.74) is 1.55. The number of phenolic OH excluding ortho intramolecular Hbond substituents is 2. The number of ether oxygens (including phenoxy) is 1. The standard InChI is InChI=1S/C24H32O7/c1-3-4-5-6-17(26)10-18(27)11-19-9-15-7-14-8-16(12-25)13(2)22(28)20(14)23(29)21(15)24(30)31-19/h7-8,17-19,25-29H,3-6,9-12H2,1-2H3. The smallest absolute Gasteiger partial charge is 0.342 e. The van der Waals surface area contributed by atoms with Gasteiger partial charge in [-0.3, -0.25) is 0 Å². The Labute approximate surface area is 181 Å². The van der Waals surface area contributed by atoms with Gasteiger partial charge >= 0.3 is 5.97 Å². The lowest BCUT2D eigenvalue weighted by Crippen LogP contribution is -2.32. The van der Waals surface area contributed by atoms with Gasteiger partial charge in [0.25, 0.3) is 0 Å². The van der Waals surface area contributed by atoms with Crippen LogP contribution in [0, 0.1) is 6.92 Å². The van der Waals surface area contributed by atoms with Crippen LogP contribution in [0.1, 0.15) is 72.5 Å². The van der Waals surface area contributed by atoms with Crippen molar-refractivity contribution in [1.82, 2.24) is 0 Å². The van der Waals surface area contributed by atoms with Crippen molar-refractivity contribution >= 4 is 16.7 Å². The zero-order valence-electron chi connectivity index (χ0n) is 18.1. The average Bonchev–Trinajstić information content (AvgIpc) is 2.70. The van der Waals surface area contributed by atoms with Crippen LogP contribution in [0.3, 0.4) is 0 Å². The van der Waals surface area contributed by atoms with Crippen molar-refractivity contribution in [3.63, 3.8) is 0 Å². The van der Waals surface area contributed by atoms with E-state index in [0.717, 1.165) is 19.3 Å². The number of hydrogen-bond acceptors (Lipinski definition) is 7. The Morgan fingerprint density at radius 2 is 1.87 bits per heavy atom. The molecule has 0 amide bonds. The summed E-state index contributed by atoms with van der Waals surface area (Å²) in [5, 5.41) is 51.9. The maximum atomic E-state index is 12.6. The molecule has 0 aliphatic carbocycles. The Morgan fingerprint density at radius 1 is 1.13 bits per heavy atom. The minimum absolute atomic E-state index is 0.0179. The fourth-order valence-electron chi connectivity index (χ4n) is 4.39. The first-order valence-corrected chi connectivity index (χ1v) is 10.9. The van der Waals surface area contributed by atoms with Gasteiger partial charge in [0.15, 0.2) is 0 Å². The van der Waals surface area contributed by atoms with Crippen molar-refractivity contribution in [2.24, 2.45) is 0 Å². The highest BCUT2D eigenvalue weighted by molar-refractivity contribution is 6.06. The van der Waals surface area contributed by atoms with Crippen LogP contribution >= 0.6 is 0 Å². The number of cyclic esters (lactones) is 1. The van der Waals surface area contributed by atoms with E-state index in [1.165, 1.54) is 0 Å². The zero-order chi connectivity index (χ0) is 22.7. The van der Waals surface area contributed by atoms with Gasteiger partial charge in [-0.1, -0.05) is 26.2 Å². The summed E-state index contributed by atoms with van der Waals surface area (Å²) in [5.74, 6) is -1.22. The minimum atomic E-state index is -0.808. The van der Waals surface area contributed by atoms with Gasteiger partial charge in [-0.15, -0.1) is 0 Å². The molecule has 0 radical (unpaired) electrons. The fraction of sp³-hybridized carbons (Fsp3) is 0.542. The molecule has 0 aromatic heterocycles. The van der Waals surface area contributed by atoms with Crippen molar-refractivity contribution in [1.29, 1.82) is 0 Å². The van der Waals surface area contributed by atoms with E-state index in [1.807, 2.05) is 0 Å². The number of benzene rings is 2. The predicted molar refractivity (Wildman–Crippen MR) is 116 cm³/mol. The summed E-state index contributed by atoms with van der Waals surface area (Å²) in [6.07, 6.45) is 2.37. The monoisotopic (exact) mass is 432 g/mol. The first-order valence-electron chi connectivity index (χ1n) is 10.9. The molecule has 7 nitrogen and oxygen atoms in total. The molecule has 2 aromatic carbocycles. The molecule has 0 fully saturated rings. The average molecular weight is 433 g/mol. The molecule has 0 saturated heterocycles. The number of phenols is 2. The van der Waals surface area contributed by atoms with Gasteiger partial charge < -0.3 is 30.3 Å². The van der Waals surface area contributed by atoms with Crippen molar-refractivity contribution in [2.45, 2.75) is 83.7 Å². The number of esters is 1. The molecule has 3 rings (SSSR count). The van der Waals surface area contributed by atoms with Crippen LogP contribution in [-0.2, 0) is 17.8 Å². The van der Waals surface area contributed by atoms with E-state index < -0.39 is 24.3 Å². The largest absolute Gasteiger partial charge is 0.507 e. The van der Waals surface area contributed by atoms with Crippen LogP contribution in [0.2, 0.25) is 0 Å². The van der Waals surface area contributed by atoms with Gasteiger partial charge in [0.2, 0.25) is 0 Å². The predicted octanol–water partition coefficient (Wildman–Crippen LogP) is 3.22. The number of aromatic hydroxyl groups is 2. The summed E-state index contributed by atoms with van der Waals surface area (Å²) < 4.78 is 5.45.